The van der Waals surface area contributed by atoms with Crippen LogP contribution in [0.15, 0.2) is 30.6 Å². The number of nitrogens with one attached hydrogen (secondary N) is 1. The van der Waals surface area contributed by atoms with Crippen molar-refractivity contribution in [3.63, 3.8) is 0 Å². The number of rotatable bonds is 5. The van der Waals surface area contributed by atoms with Crippen LogP contribution in [0.25, 0.3) is 0 Å². The van der Waals surface area contributed by atoms with Crippen molar-refractivity contribution in [2.75, 3.05) is 16.8 Å². The molecule has 1 aromatic heterocycles. The molecular weight excluding hydrogens is 280 g/mol. The third kappa shape index (κ3) is 2.90. The molecule has 1 amide bonds. The van der Waals surface area contributed by atoms with Gasteiger partial charge in [-0.25, -0.2) is 4.98 Å². The largest absolute Gasteiger partial charge is 0.489 e. The second kappa shape index (κ2) is 6.09. The number of nitrogens with zero attached hydrogens (tertiary/aromatic N) is 3. The van der Waals surface area contributed by atoms with Crippen molar-refractivity contribution in [2.45, 2.75) is 33.0 Å². The highest BCUT2D eigenvalue weighted by Gasteiger charge is 2.18. The Hall–Kier alpha value is -2.50. The molecule has 1 aliphatic rings. The third-order valence-corrected chi connectivity index (χ3v) is 3.65. The number of hydrogen-bond donors (Lipinski definition) is 1. The average Bonchev–Trinajstić information content (AvgIpc) is 2.96. The summed E-state index contributed by atoms with van der Waals surface area (Å²) in [5, 5.41) is 2.68. The Morgan fingerprint density at radius 3 is 3.00 bits per heavy atom. The van der Waals surface area contributed by atoms with E-state index in [1.54, 1.807) is 0 Å². The molecule has 0 spiro atoms. The van der Waals surface area contributed by atoms with Crippen LogP contribution in [0, 0.1) is 0 Å². The molecule has 1 aliphatic heterocycles. The number of hydrogen-bond acceptors (Lipinski definition) is 4. The first-order chi connectivity index (χ1) is 10.7. The van der Waals surface area contributed by atoms with Crippen molar-refractivity contribution < 1.29 is 9.53 Å². The van der Waals surface area contributed by atoms with Crippen molar-refractivity contribution >= 4 is 17.8 Å². The molecule has 0 radical (unpaired) electrons. The number of carbonyl (C=O) groups is 1. The van der Waals surface area contributed by atoms with Crippen LogP contribution in [-0.4, -0.2) is 28.6 Å². The van der Waals surface area contributed by atoms with Crippen LogP contribution in [-0.2, 0) is 17.9 Å². The van der Waals surface area contributed by atoms with Crippen LogP contribution in [0.5, 0.6) is 5.75 Å². The molecule has 22 heavy (non-hydrogen) atoms. The Kier molecular flexibility index (Phi) is 4.00. The smallest absolute Gasteiger partial charge is 0.211 e. The minimum absolute atomic E-state index is 0.0442. The first kappa shape index (κ1) is 14.4. The van der Waals surface area contributed by atoms with E-state index in [2.05, 4.69) is 19.8 Å². The summed E-state index contributed by atoms with van der Waals surface area (Å²) < 4.78 is 7.99. The highest BCUT2D eigenvalue weighted by atomic mass is 16.5. The second-order valence-electron chi connectivity index (χ2n) is 5.57. The van der Waals surface area contributed by atoms with E-state index in [1.165, 1.54) is 0 Å². The molecule has 0 fully saturated rings. The van der Waals surface area contributed by atoms with Gasteiger partial charge in [0.15, 0.2) is 0 Å². The summed E-state index contributed by atoms with van der Waals surface area (Å²) in [7, 11) is 0. The van der Waals surface area contributed by atoms with Gasteiger partial charge in [0.2, 0.25) is 6.41 Å². The van der Waals surface area contributed by atoms with E-state index in [-0.39, 0.29) is 6.10 Å². The van der Waals surface area contributed by atoms with E-state index in [1.807, 2.05) is 44.4 Å². The summed E-state index contributed by atoms with van der Waals surface area (Å²) in [6, 6.07) is 5.85. The monoisotopic (exact) mass is 300 g/mol. The molecule has 3 rings (SSSR count). The normalized spacial score (nSPS) is 13.9. The van der Waals surface area contributed by atoms with Crippen molar-refractivity contribution in [1.29, 1.82) is 0 Å². The Morgan fingerprint density at radius 2 is 2.23 bits per heavy atom. The maximum atomic E-state index is 10.7. The minimum Gasteiger partial charge on any atom is -0.489 e. The van der Waals surface area contributed by atoms with Gasteiger partial charge in [-0.3, -0.25) is 4.79 Å². The lowest BCUT2D eigenvalue weighted by atomic mass is 10.2. The molecule has 0 unspecified atom stereocenters. The van der Waals surface area contributed by atoms with Gasteiger partial charge in [-0.2, -0.15) is 0 Å². The minimum atomic E-state index is 0.0442. The van der Waals surface area contributed by atoms with Crippen LogP contribution < -0.4 is 15.0 Å². The third-order valence-electron chi connectivity index (χ3n) is 3.65. The van der Waals surface area contributed by atoms with Crippen LogP contribution in [0.3, 0.4) is 0 Å². The second-order valence-corrected chi connectivity index (χ2v) is 5.57. The van der Waals surface area contributed by atoms with Gasteiger partial charge in [-0.05, 0) is 26.0 Å². The predicted molar refractivity (Wildman–Crippen MR) is 85.2 cm³/mol. The van der Waals surface area contributed by atoms with Crippen molar-refractivity contribution in [1.82, 2.24) is 9.55 Å². The Bertz CT molecular complexity index is 666. The van der Waals surface area contributed by atoms with Gasteiger partial charge < -0.3 is 19.5 Å². The van der Waals surface area contributed by atoms with Gasteiger partial charge in [-0.1, -0.05) is 0 Å². The van der Waals surface area contributed by atoms with Crippen molar-refractivity contribution in [3.05, 3.63) is 36.4 Å². The van der Waals surface area contributed by atoms with Gasteiger partial charge in [0.25, 0.3) is 0 Å². The SMILES string of the molecule is CC(C)Oc1cc(N2CCn3ccnc3C2)ccc1NC=O. The van der Waals surface area contributed by atoms with E-state index in [4.69, 9.17) is 4.74 Å². The Morgan fingerprint density at radius 1 is 1.36 bits per heavy atom. The van der Waals surface area contributed by atoms with E-state index >= 15 is 0 Å². The summed E-state index contributed by atoms with van der Waals surface area (Å²) >= 11 is 0. The molecule has 6 nitrogen and oxygen atoms in total. The molecule has 2 aromatic rings. The summed E-state index contributed by atoms with van der Waals surface area (Å²) in [6.45, 7) is 6.55. The summed E-state index contributed by atoms with van der Waals surface area (Å²) in [6.07, 6.45) is 4.56. The van der Waals surface area contributed by atoms with Crippen LogP contribution >= 0.6 is 0 Å². The van der Waals surface area contributed by atoms with Gasteiger partial charge in [0, 0.05) is 37.2 Å². The molecule has 0 atom stereocenters. The fraction of sp³-hybridized carbons (Fsp3) is 0.375. The van der Waals surface area contributed by atoms with E-state index in [0.29, 0.717) is 17.8 Å². The number of imidazole rings is 1. The molecule has 1 N–H and O–H groups in total. The summed E-state index contributed by atoms with van der Waals surface area (Å²) in [4.78, 5) is 17.4. The van der Waals surface area contributed by atoms with Crippen LogP contribution in [0.4, 0.5) is 11.4 Å². The zero-order valence-electron chi connectivity index (χ0n) is 12.8. The lowest BCUT2D eigenvalue weighted by molar-refractivity contribution is -0.105. The zero-order chi connectivity index (χ0) is 15.5. The van der Waals surface area contributed by atoms with Gasteiger partial charge in [0.1, 0.15) is 11.6 Å². The highest BCUT2D eigenvalue weighted by molar-refractivity contribution is 5.77. The predicted octanol–water partition coefficient (Wildman–Crippen LogP) is 2.26. The fourth-order valence-electron chi connectivity index (χ4n) is 2.64. The quantitative estimate of drug-likeness (QED) is 0.861. The number of amides is 1. The molecule has 0 saturated heterocycles. The molecule has 6 heteroatoms. The number of carbonyl (C=O) groups excluding carboxylic acids is 1. The average molecular weight is 300 g/mol. The maximum Gasteiger partial charge on any atom is 0.211 e. The topological polar surface area (TPSA) is 59.4 Å². The maximum absolute atomic E-state index is 10.7. The number of benzene rings is 1. The lowest BCUT2D eigenvalue weighted by Crippen LogP contribution is -2.33. The van der Waals surface area contributed by atoms with Gasteiger partial charge in [-0.15, -0.1) is 0 Å². The van der Waals surface area contributed by atoms with Gasteiger partial charge in [0.05, 0.1) is 18.3 Å². The zero-order valence-corrected chi connectivity index (χ0v) is 12.8. The van der Waals surface area contributed by atoms with E-state index in [9.17, 15) is 4.79 Å². The van der Waals surface area contributed by atoms with E-state index < -0.39 is 0 Å². The van der Waals surface area contributed by atoms with E-state index in [0.717, 1.165) is 31.1 Å². The van der Waals surface area contributed by atoms with Crippen LogP contribution in [0.1, 0.15) is 19.7 Å². The number of fused-ring (bicyclic) bond motifs is 1. The lowest BCUT2D eigenvalue weighted by Gasteiger charge is -2.30. The number of ether oxygens (including phenoxy) is 1. The molecule has 0 aliphatic carbocycles. The highest BCUT2D eigenvalue weighted by Crippen LogP contribution is 2.32. The van der Waals surface area contributed by atoms with Crippen molar-refractivity contribution in [2.24, 2.45) is 0 Å². The molecule has 2 heterocycles. The Labute approximate surface area is 129 Å². The molecule has 1 aromatic carbocycles. The standard InChI is InChI=1S/C16H20N4O2/c1-12(2)22-15-9-13(3-4-14(15)18-11-21)20-8-7-19-6-5-17-16(19)10-20/h3-6,9,11-12H,7-8,10H2,1-2H3,(H,18,21). The summed E-state index contributed by atoms with van der Waals surface area (Å²) in [5.74, 6) is 1.75. The molecular formula is C16H20N4O2. The van der Waals surface area contributed by atoms with Gasteiger partial charge >= 0.3 is 0 Å². The summed E-state index contributed by atoms with van der Waals surface area (Å²) in [5.41, 5.74) is 1.76. The molecule has 0 bridgehead atoms. The number of aromatic nitrogens is 2. The molecule has 0 saturated carbocycles. The first-order valence-corrected chi connectivity index (χ1v) is 7.43. The fourth-order valence-corrected chi connectivity index (χ4v) is 2.64. The van der Waals surface area contributed by atoms with Crippen LogP contribution in [0.2, 0.25) is 0 Å². The first-order valence-electron chi connectivity index (χ1n) is 7.43. The Balaban J connectivity index is 1.86. The number of anilines is 2. The van der Waals surface area contributed by atoms with Crippen molar-refractivity contribution in [3.8, 4) is 5.75 Å². The molecule has 116 valence electrons.